The normalized spacial score (nSPS) is 14.7. The minimum absolute atomic E-state index is 0.524. The smallest absolute Gasteiger partial charge is 0.198 e. The molecule has 0 saturated carbocycles. The lowest BCUT2D eigenvalue weighted by Crippen LogP contribution is -2.29. The number of fused-ring (bicyclic) bond motifs is 1. The van der Waals surface area contributed by atoms with E-state index >= 15 is 0 Å². The molecule has 142 valence electrons. The summed E-state index contributed by atoms with van der Waals surface area (Å²) < 4.78 is 2.11. The maximum absolute atomic E-state index is 6.73. The molecule has 0 spiro atoms. The molecule has 1 aliphatic rings. The molecule has 28 heavy (non-hydrogen) atoms. The van der Waals surface area contributed by atoms with E-state index in [4.69, 9.17) is 23.2 Å². The van der Waals surface area contributed by atoms with Crippen LogP contribution in [0.5, 0.6) is 0 Å². The van der Waals surface area contributed by atoms with Gasteiger partial charge in [0.05, 0.1) is 21.2 Å². The van der Waals surface area contributed by atoms with Gasteiger partial charge in [-0.25, -0.2) is 5.10 Å². The number of hydrogen-bond donors (Lipinski definition) is 1. The van der Waals surface area contributed by atoms with E-state index in [1.165, 1.54) is 6.42 Å². The van der Waals surface area contributed by atoms with E-state index in [1.54, 1.807) is 0 Å². The highest BCUT2D eigenvalue weighted by molar-refractivity contribution is 6.45. The number of para-hydroxylation sites is 1. The molecular formula is C20H18Cl2N6. The summed E-state index contributed by atoms with van der Waals surface area (Å²) in [5.74, 6) is 0.604. The van der Waals surface area contributed by atoms with Gasteiger partial charge in [0.2, 0.25) is 0 Å². The van der Waals surface area contributed by atoms with Gasteiger partial charge in [-0.2, -0.15) is 0 Å². The average Bonchev–Trinajstić information content (AvgIpc) is 3.38. The van der Waals surface area contributed by atoms with Gasteiger partial charge in [-0.05, 0) is 54.0 Å². The van der Waals surface area contributed by atoms with E-state index in [2.05, 4.69) is 30.1 Å². The number of hydrogen-bond acceptors (Lipinski definition) is 4. The molecule has 8 heteroatoms. The summed E-state index contributed by atoms with van der Waals surface area (Å²) >= 11 is 13.1. The number of piperidine rings is 1. The van der Waals surface area contributed by atoms with Gasteiger partial charge in [-0.3, -0.25) is 0 Å². The van der Waals surface area contributed by atoms with Crippen LogP contribution >= 0.6 is 23.2 Å². The van der Waals surface area contributed by atoms with Crippen LogP contribution in [0.25, 0.3) is 28.1 Å². The van der Waals surface area contributed by atoms with Crippen molar-refractivity contribution in [2.24, 2.45) is 0 Å². The monoisotopic (exact) mass is 412 g/mol. The van der Waals surface area contributed by atoms with Gasteiger partial charge in [0.1, 0.15) is 5.69 Å². The number of anilines is 1. The minimum atomic E-state index is 0.524. The Morgan fingerprint density at radius 3 is 2.43 bits per heavy atom. The summed E-state index contributed by atoms with van der Waals surface area (Å²) in [4.78, 5) is 2.41. The number of tetrazole rings is 1. The topological polar surface area (TPSA) is 62.6 Å². The lowest BCUT2D eigenvalue weighted by Gasteiger charge is -2.29. The van der Waals surface area contributed by atoms with Gasteiger partial charge in [0.25, 0.3) is 0 Å². The van der Waals surface area contributed by atoms with E-state index in [9.17, 15) is 0 Å². The molecule has 0 amide bonds. The van der Waals surface area contributed by atoms with Crippen molar-refractivity contribution < 1.29 is 0 Å². The predicted molar refractivity (Wildman–Crippen MR) is 113 cm³/mol. The summed E-state index contributed by atoms with van der Waals surface area (Å²) in [7, 11) is 0. The fourth-order valence-corrected chi connectivity index (χ4v) is 4.45. The second-order valence-corrected chi connectivity index (χ2v) is 7.71. The molecule has 0 atom stereocenters. The molecule has 0 bridgehead atoms. The lowest BCUT2D eigenvalue weighted by molar-refractivity contribution is 0.579. The molecule has 0 radical (unpaired) electrons. The van der Waals surface area contributed by atoms with E-state index < -0.39 is 0 Å². The molecular weight excluding hydrogens is 395 g/mol. The van der Waals surface area contributed by atoms with Crippen LogP contribution in [-0.2, 0) is 0 Å². The highest BCUT2D eigenvalue weighted by Crippen LogP contribution is 2.45. The first-order valence-corrected chi connectivity index (χ1v) is 10.1. The number of nitrogens with one attached hydrogen (secondary N) is 1. The third-order valence-electron chi connectivity index (χ3n) is 5.25. The first-order valence-electron chi connectivity index (χ1n) is 9.32. The van der Waals surface area contributed by atoms with Crippen molar-refractivity contribution in [3.63, 3.8) is 0 Å². The fraction of sp³-hybridized carbons (Fsp3) is 0.250. The molecule has 5 rings (SSSR count). The Labute approximate surface area is 172 Å². The van der Waals surface area contributed by atoms with Crippen LogP contribution < -0.4 is 4.90 Å². The van der Waals surface area contributed by atoms with Crippen molar-refractivity contribution in [1.29, 1.82) is 0 Å². The summed E-state index contributed by atoms with van der Waals surface area (Å²) in [5.41, 5.74) is 3.84. The van der Waals surface area contributed by atoms with Gasteiger partial charge in [0.15, 0.2) is 5.82 Å². The molecule has 1 N–H and O–H groups in total. The number of benzene rings is 2. The fourth-order valence-electron chi connectivity index (χ4n) is 4.05. The molecule has 0 aliphatic carbocycles. The summed E-state index contributed by atoms with van der Waals surface area (Å²) in [6.45, 7) is 1.98. The van der Waals surface area contributed by atoms with Crippen molar-refractivity contribution in [1.82, 2.24) is 25.2 Å². The van der Waals surface area contributed by atoms with Crippen molar-refractivity contribution >= 4 is 39.8 Å². The molecule has 6 nitrogen and oxygen atoms in total. The lowest BCUT2D eigenvalue weighted by atomic mass is 10.1. The van der Waals surface area contributed by atoms with Crippen LogP contribution in [0.3, 0.4) is 0 Å². The Hall–Kier alpha value is -2.57. The van der Waals surface area contributed by atoms with Crippen molar-refractivity contribution in [2.45, 2.75) is 19.3 Å². The first kappa shape index (κ1) is 17.5. The Bertz CT molecular complexity index is 1120. The molecule has 1 fully saturated rings. The zero-order valence-corrected chi connectivity index (χ0v) is 16.6. The number of H-pyrrole nitrogens is 1. The predicted octanol–water partition coefficient (Wildman–Crippen LogP) is 5.11. The van der Waals surface area contributed by atoms with E-state index in [0.717, 1.165) is 53.9 Å². The molecule has 2 aromatic heterocycles. The molecule has 1 aliphatic heterocycles. The van der Waals surface area contributed by atoms with Crippen LogP contribution in [0.4, 0.5) is 5.69 Å². The summed E-state index contributed by atoms with van der Waals surface area (Å²) in [6, 6.07) is 14.0. The van der Waals surface area contributed by atoms with Gasteiger partial charge < -0.3 is 9.47 Å². The molecule has 2 aromatic carbocycles. The largest absolute Gasteiger partial charge is 0.369 e. The van der Waals surface area contributed by atoms with Crippen molar-refractivity contribution in [2.75, 3.05) is 18.0 Å². The standard InChI is InChI=1S/C20H18Cl2N6/c21-15-10-9-14-17(16(15)22)28(13-7-3-1-4-8-13)19(20-23-25-26-24-20)18(14)27-11-5-2-6-12-27/h1,3-4,7-10H,2,5-6,11-12H2,(H,23,24,25,26). The Balaban J connectivity index is 1.92. The molecule has 0 unspecified atom stereocenters. The van der Waals surface area contributed by atoms with Gasteiger partial charge in [-0.1, -0.05) is 41.4 Å². The van der Waals surface area contributed by atoms with Crippen molar-refractivity contribution in [3.8, 4) is 17.2 Å². The zero-order valence-electron chi connectivity index (χ0n) is 15.1. The SMILES string of the molecule is Clc1ccc2c(N3CCCCC3)c(-c3nnn[nH]3)n(-c3ccccc3)c2c1Cl. The van der Waals surface area contributed by atoms with Gasteiger partial charge >= 0.3 is 0 Å². The number of aromatic nitrogens is 5. The minimum Gasteiger partial charge on any atom is -0.369 e. The second-order valence-electron chi connectivity index (χ2n) is 6.92. The van der Waals surface area contributed by atoms with Crippen LogP contribution in [-0.4, -0.2) is 38.3 Å². The van der Waals surface area contributed by atoms with Crippen molar-refractivity contribution in [3.05, 3.63) is 52.5 Å². The maximum atomic E-state index is 6.73. The van der Waals surface area contributed by atoms with Gasteiger partial charge in [-0.15, -0.1) is 5.10 Å². The zero-order chi connectivity index (χ0) is 19.1. The van der Waals surface area contributed by atoms with Crippen LogP contribution in [0.2, 0.25) is 10.0 Å². The van der Waals surface area contributed by atoms with E-state index in [1.807, 2.05) is 42.5 Å². The number of aromatic amines is 1. The van der Waals surface area contributed by atoms with Gasteiger partial charge in [0, 0.05) is 24.2 Å². The number of halogens is 2. The molecule has 3 heterocycles. The average molecular weight is 413 g/mol. The van der Waals surface area contributed by atoms with E-state index in [-0.39, 0.29) is 0 Å². The van der Waals surface area contributed by atoms with E-state index in [0.29, 0.717) is 15.9 Å². The summed E-state index contributed by atoms with van der Waals surface area (Å²) in [5, 5.41) is 16.9. The van der Waals surface area contributed by atoms with Crippen LogP contribution in [0.15, 0.2) is 42.5 Å². The number of nitrogens with zero attached hydrogens (tertiary/aromatic N) is 5. The summed E-state index contributed by atoms with van der Waals surface area (Å²) in [6.07, 6.45) is 3.57. The molecule has 1 saturated heterocycles. The highest BCUT2D eigenvalue weighted by atomic mass is 35.5. The Morgan fingerprint density at radius 2 is 1.71 bits per heavy atom. The highest BCUT2D eigenvalue weighted by Gasteiger charge is 2.28. The second kappa shape index (κ2) is 7.11. The first-order chi connectivity index (χ1) is 13.8. The third kappa shape index (κ3) is 2.75. The van der Waals surface area contributed by atoms with Crippen LogP contribution in [0.1, 0.15) is 19.3 Å². The third-order valence-corrected chi connectivity index (χ3v) is 6.05. The number of rotatable bonds is 3. The Morgan fingerprint density at radius 1 is 0.929 bits per heavy atom. The quantitative estimate of drug-likeness (QED) is 0.507. The molecule has 4 aromatic rings. The Kier molecular flexibility index (Phi) is 4.45. The van der Waals surface area contributed by atoms with Crippen LogP contribution in [0, 0.1) is 0 Å². The maximum Gasteiger partial charge on any atom is 0.198 e.